The average Bonchev–Trinajstić information content (AvgIpc) is 2.38. The second-order valence-corrected chi connectivity index (χ2v) is 7.32. The van der Waals surface area contributed by atoms with E-state index in [-0.39, 0.29) is 10.5 Å². The predicted molar refractivity (Wildman–Crippen MR) is 74.1 cm³/mol. The molecule has 0 aromatic heterocycles. The summed E-state index contributed by atoms with van der Waals surface area (Å²) < 4.78 is 40.8. The van der Waals surface area contributed by atoms with E-state index in [0.29, 0.717) is 0 Å². The number of nitrogens with one attached hydrogen (secondary N) is 1. The van der Waals surface area contributed by atoms with Crippen molar-refractivity contribution in [2.45, 2.75) is 56.1 Å². The lowest BCUT2D eigenvalue weighted by atomic mass is 9.84. The fraction of sp³-hybridized carbons (Fsp3) is 0.571. The van der Waals surface area contributed by atoms with Crippen LogP contribution in [0.25, 0.3) is 0 Å². The van der Waals surface area contributed by atoms with Crippen molar-refractivity contribution in [1.29, 1.82) is 0 Å². The molecule has 1 aromatic rings. The van der Waals surface area contributed by atoms with Crippen LogP contribution in [0, 0.1) is 5.82 Å². The molecule has 0 unspecified atom stereocenters. The van der Waals surface area contributed by atoms with Crippen LogP contribution in [0.3, 0.4) is 0 Å². The zero-order valence-electron chi connectivity index (χ0n) is 11.5. The molecule has 0 atom stereocenters. The summed E-state index contributed by atoms with van der Waals surface area (Å²) in [5.74, 6) is -0.602. The van der Waals surface area contributed by atoms with Gasteiger partial charge in [0.15, 0.2) is 0 Å². The normalized spacial score (nSPS) is 18.9. The van der Waals surface area contributed by atoms with E-state index in [1.165, 1.54) is 12.1 Å². The number of sulfonamides is 1. The van der Waals surface area contributed by atoms with Crippen molar-refractivity contribution >= 4 is 10.0 Å². The Balaban J connectivity index is 2.26. The predicted octanol–water partition coefficient (Wildman–Crippen LogP) is 2.32. The first kappa shape index (κ1) is 15.4. The van der Waals surface area contributed by atoms with E-state index in [0.717, 1.165) is 38.2 Å². The Labute approximate surface area is 119 Å². The molecule has 112 valence electrons. The molecule has 0 bridgehead atoms. The molecule has 0 spiro atoms. The van der Waals surface area contributed by atoms with Crippen molar-refractivity contribution in [3.8, 4) is 0 Å². The van der Waals surface area contributed by atoms with E-state index in [1.54, 1.807) is 0 Å². The van der Waals surface area contributed by atoms with Crippen LogP contribution in [0.5, 0.6) is 0 Å². The van der Waals surface area contributed by atoms with Crippen LogP contribution in [0.15, 0.2) is 23.1 Å². The van der Waals surface area contributed by atoms with E-state index < -0.39 is 28.0 Å². The van der Waals surface area contributed by atoms with Gasteiger partial charge in [-0.3, -0.25) is 0 Å². The largest absolute Gasteiger partial charge is 0.392 e. The van der Waals surface area contributed by atoms with E-state index in [9.17, 15) is 12.8 Å². The van der Waals surface area contributed by atoms with Crippen molar-refractivity contribution in [2.24, 2.45) is 0 Å². The maximum Gasteiger partial charge on any atom is 0.241 e. The molecular weight excluding hydrogens is 281 g/mol. The van der Waals surface area contributed by atoms with E-state index >= 15 is 0 Å². The SMILES string of the molecule is CC1(NS(=O)(=O)c2ccc(F)c(CO)c2)CCCCC1. The maximum atomic E-state index is 13.3. The highest BCUT2D eigenvalue weighted by Crippen LogP contribution is 2.29. The third-order valence-electron chi connectivity index (χ3n) is 3.84. The molecule has 1 fully saturated rings. The fourth-order valence-electron chi connectivity index (χ4n) is 2.66. The van der Waals surface area contributed by atoms with Gasteiger partial charge < -0.3 is 5.11 Å². The standard InChI is InChI=1S/C14H20FNO3S/c1-14(7-3-2-4-8-14)16-20(18,19)12-5-6-13(15)11(9-12)10-17/h5-6,9,16-17H,2-4,7-8,10H2,1H3. The molecule has 1 aliphatic carbocycles. The van der Waals surface area contributed by atoms with Crippen molar-refractivity contribution < 1.29 is 17.9 Å². The minimum absolute atomic E-state index is 0.00486. The Bertz CT molecular complexity index is 580. The van der Waals surface area contributed by atoms with Crippen molar-refractivity contribution in [3.63, 3.8) is 0 Å². The molecule has 0 aliphatic heterocycles. The molecule has 6 heteroatoms. The fourth-order valence-corrected chi connectivity index (χ4v) is 4.17. The lowest BCUT2D eigenvalue weighted by molar-refractivity contribution is 0.275. The summed E-state index contributed by atoms with van der Waals surface area (Å²) in [6.45, 7) is 1.38. The van der Waals surface area contributed by atoms with Crippen LogP contribution in [0.4, 0.5) is 4.39 Å². The van der Waals surface area contributed by atoms with Crippen LogP contribution in [0.1, 0.15) is 44.6 Å². The van der Waals surface area contributed by atoms with Gasteiger partial charge in [0, 0.05) is 11.1 Å². The van der Waals surface area contributed by atoms with Crippen molar-refractivity contribution in [3.05, 3.63) is 29.6 Å². The molecule has 1 saturated carbocycles. The van der Waals surface area contributed by atoms with Crippen LogP contribution in [-0.4, -0.2) is 19.1 Å². The van der Waals surface area contributed by atoms with Gasteiger partial charge in [-0.05, 0) is 38.0 Å². The van der Waals surface area contributed by atoms with Gasteiger partial charge in [0.25, 0.3) is 0 Å². The highest BCUT2D eigenvalue weighted by Gasteiger charge is 2.32. The maximum absolute atomic E-state index is 13.3. The highest BCUT2D eigenvalue weighted by atomic mass is 32.2. The van der Waals surface area contributed by atoms with Gasteiger partial charge in [-0.15, -0.1) is 0 Å². The third-order valence-corrected chi connectivity index (χ3v) is 5.47. The van der Waals surface area contributed by atoms with Crippen molar-refractivity contribution in [1.82, 2.24) is 4.72 Å². The van der Waals surface area contributed by atoms with Crippen molar-refractivity contribution in [2.75, 3.05) is 0 Å². The topological polar surface area (TPSA) is 66.4 Å². The molecule has 2 rings (SSSR count). The summed E-state index contributed by atoms with van der Waals surface area (Å²) in [7, 11) is -3.70. The smallest absolute Gasteiger partial charge is 0.241 e. The number of halogens is 1. The number of aliphatic hydroxyl groups is 1. The summed E-state index contributed by atoms with van der Waals surface area (Å²) >= 11 is 0. The second-order valence-electron chi connectivity index (χ2n) is 5.64. The average molecular weight is 301 g/mol. The van der Waals surface area contributed by atoms with Gasteiger partial charge in [-0.2, -0.15) is 0 Å². The Morgan fingerprint density at radius 1 is 1.30 bits per heavy atom. The van der Waals surface area contributed by atoms with E-state index in [2.05, 4.69) is 4.72 Å². The van der Waals surface area contributed by atoms with Gasteiger partial charge in [0.05, 0.1) is 11.5 Å². The third kappa shape index (κ3) is 3.37. The molecule has 0 radical (unpaired) electrons. The minimum Gasteiger partial charge on any atom is -0.392 e. The van der Waals surface area contributed by atoms with Gasteiger partial charge >= 0.3 is 0 Å². The monoisotopic (exact) mass is 301 g/mol. The molecule has 2 N–H and O–H groups in total. The molecular formula is C14H20FNO3S. The Hall–Kier alpha value is -0.980. The highest BCUT2D eigenvalue weighted by molar-refractivity contribution is 7.89. The number of hydrogen-bond donors (Lipinski definition) is 2. The van der Waals surface area contributed by atoms with Gasteiger partial charge in [0.2, 0.25) is 10.0 Å². The van der Waals surface area contributed by atoms with Crippen LogP contribution in [0.2, 0.25) is 0 Å². The Kier molecular flexibility index (Phi) is 4.46. The lowest BCUT2D eigenvalue weighted by Gasteiger charge is -2.34. The molecule has 0 saturated heterocycles. The molecule has 0 heterocycles. The van der Waals surface area contributed by atoms with E-state index in [4.69, 9.17) is 5.11 Å². The number of aliphatic hydroxyl groups excluding tert-OH is 1. The second kappa shape index (κ2) is 5.79. The zero-order valence-corrected chi connectivity index (χ0v) is 12.3. The molecule has 20 heavy (non-hydrogen) atoms. The summed E-state index contributed by atoms with van der Waals surface area (Å²) in [6, 6.07) is 3.48. The summed E-state index contributed by atoms with van der Waals surface area (Å²) in [6.07, 6.45) is 4.75. The first-order valence-corrected chi connectivity index (χ1v) is 8.28. The summed E-state index contributed by atoms with van der Waals surface area (Å²) in [4.78, 5) is -0.00486. The quantitative estimate of drug-likeness (QED) is 0.897. The molecule has 1 aromatic carbocycles. The minimum atomic E-state index is -3.70. The van der Waals surface area contributed by atoms with Crippen LogP contribution in [-0.2, 0) is 16.6 Å². The Morgan fingerprint density at radius 3 is 2.55 bits per heavy atom. The molecule has 4 nitrogen and oxygen atoms in total. The number of rotatable bonds is 4. The first-order chi connectivity index (χ1) is 9.36. The van der Waals surface area contributed by atoms with E-state index in [1.807, 2.05) is 6.92 Å². The molecule has 1 aliphatic rings. The number of hydrogen-bond acceptors (Lipinski definition) is 3. The van der Waals surface area contributed by atoms with Gasteiger partial charge in [-0.25, -0.2) is 17.5 Å². The van der Waals surface area contributed by atoms with Gasteiger partial charge in [0.1, 0.15) is 5.82 Å². The zero-order chi connectivity index (χ0) is 14.8. The summed E-state index contributed by atoms with van der Waals surface area (Å²) in [5.41, 5.74) is -0.452. The lowest BCUT2D eigenvalue weighted by Crippen LogP contribution is -2.47. The molecule has 0 amide bonds. The van der Waals surface area contributed by atoms with Gasteiger partial charge in [-0.1, -0.05) is 19.3 Å². The van der Waals surface area contributed by atoms with Crippen LogP contribution < -0.4 is 4.72 Å². The first-order valence-electron chi connectivity index (χ1n) is 6.80. The van der Waals surface area contributed by atoms with Crippen LogP contribution >= 0.6 is 0 Å². The summed E-state index contributed by atoms with van der Waals surface area (Å²) in [5, 5.41) is 9.03. The Morgan fingerprint density at radius 2 is 1.95 bits per heavy atom. The number of benzene rings is 1.